The van der Waals surface area contributed by atoms with Crippen LogP contribution in [0.2, 0.25) is 10.0 Å². The predicted octanol–water partition coefficient (Wildman–Crippen LogP) is 4.02. The Balaban J connectivity index is 0.000001000. The maximum Gasteiger partial charge on any atom is 0.0595 e. The Morgan fingerprint density at radius 3 is 2.35 bits per heavy atom. The van der Waals surface area contributed by atoms with Crippen molar-refractivity contribution in [3.05, 3.63) is 33.8 Å². The van der Waals surface area contributed by atoms with Gasteiger partial charge in [0.25, 0.3) is 0 Å². The highest BCUT2D eigenvalue weighted by Gasteiger charge is 2.33. The van der Waals surface area contributed by atoms with Gasteiger partial charge in [0.15, 0.2) is 0 Å². The number of nitrogens with one attached hydrogen (secondary N) is 1. The molecule has 0 aromatic heterocycles. The molecular formula is C14H20Cl4N2. The Hall–Kier alpha value is 0.300. The van der Waals surface area contributed by atoms with Crippen LogP contribution >= 0.6 is 48.0 Å². The van der Waals surface area contributed by atoms with Crippen molar-refractivity contribution in [3.63, 3.8) is 0 Å². The Bertz CT molecular complexity index is 433. The molecule has 3 saturated heterocycles. The van der Waals surface area contributed by atoms with Gasteiger partial charge in [0, 0.05) is 19.1 Å². The Morgan fingerprint density at radius 2 is 1.80 bits per heavy atom. The van der Waals surface area contributed by atoms with E-state index in [1.807, 2.05) is 18.2 Å². The topological polar surface area (TPSA) is 15.3 Å². The van der Waals surface area contributed by atoms with Gasteiger partial charge in [-0.1, -0.05) is 29.3 Å². The van der Waals surface area contributed by atoms with Crippen molar-refractivity contribution in [1.82, 2.24) is 10.2 Å². The molecule has 3 fully saturated rings. The monoisotopic (exact) mass is 356 g/mol. The molecule has 3 aliphatic heterocycles. The van der Waals surface area contributed by atoms with E-state index in [-0.39, 0.29) is 24.8 Å². The molecule has 3 aliphatic rings. The van der Waals surface area contributed by atoms with Gasteiger partial charge >= 0.3 is 0 Å². The highest BCUT2D eigenvalue weighted by atomic mass is 35.5. The molecule has 0 spiro atoms. The van der Waals surface area contributed by atoms with E-state index in [4.69, 9.17) is 23.2 Å². The smallest absolute Gasteiger partial charge is 0.0595 e. The van der Waals surface area contributed by atoms with Crippen LogP contribution in [-0.2, 0) is 6.54 Å². The molecule has 2 nitrogen and oxygen atoms in total. The van der Waals surface area contributed by atoms with Crippen molar-refractivity contribution >= 4 is 48.0 Å². The summed E-state index contributed by atoms with van der Waals surface area (Å²) in [5.74, 6) is 0.859. The minimum Gasteiger partial charge on any atom is -0.308 e. The largest absolute Gasteiger partial charge is 0.308 e. The first-order valence-electron chi connectivity index (χ1n) is 6.62. The summed E-state index contributed by atoms with van der Waals surface area (Å²) in [7, 11) is 0. The second-order valence-electron chi connectivity index (χ2n) is 5.37. The Labute approximate surface area is 143 Å². The van der Waals surface area contributed by atoms with Crippen LogP contribution in [0.15, 0.2) is 18.2 Å². The highest BCUT2D eigenvalue weighted by molar-refractivity contribution is 6.42. The predicted molar refractivity (Wildman–Crippen MR) is 90.7 cm³/mol. The molecule has 0 saturated carbocycles. The van der Waals surface area contributed by atoms with Crippen molar-refractivity contribution in [2.45, 2.75) is 25.4 Å². The third-order valence-corrected chi connectivity index (χ3v) is 4.95. The maximum atomic E-state index is 6.03. The van der Waals surface area contributed by atoms with E-state index in [9.17, 15) is 0 Å². The van der Waals surface area contributed by atoms with E-state index in [1.54, 1.807) is 0 Å². The summed E-state index contributed by atoms with van der Waals surface area (Å²) in [4.78, 5) is 2.56. The van der Waals surface area contributed by atoms with E-state index < -0.39 is 0 Å². The third-order valence-electron chi connectivity index (χ3n) is 4.21. The Morgan fingerprint density at radius 1 is 1.10 bits per heavy atom. The second-order valence-corrected chi connectivity index (χ2v) is 6.19. The summed E-state index contributed by atoms with van der Waals surface area (Å²) in [6.07, 6.45) is 2.69. The van der Waals surface area contributed by atoms with Gasteiger partial charge < -0.3 is 10.2 Å². The number of halogens is 4. The molecule has 1 unspecified atom stereocenters. The first kappa shape index (κ1) is 18.3. The highest BCUT2D eigenvalue weighted by Crippen LogP contribution is 2.28. The van der Waals surface area contributed by atoms with Crippen molar-refractivity contribution in [3.8, 4) is 0 Å². The molecule has 20 heavy (non-hydrogen) atoms. The molecule has 1 atom stereocenters. The Kier molecular flexibility index (Phi) is 7.40. The molecule has 4 rings (SSSR count). The quantitative estimate of drug-likeness (QED) is 0.878. The number of piperidine rings is 3. The lowest BCUT2D eigenvalue weighted by molar-refractivity contribution is 0.0720. The molecule has 0 amide bonds. The number of rotatable bonds is 3. The maximum absolute atomic E-state index is 6.03. The van der Waals surface area contributed by atoms with Crippen molar-refractivity contribution in [1.29, 1.82) is 0 Å². The van der Waals surface area contributed by atoms with Crippen LogP contribution < -0.4 is 5.32 Å². The molecule has 1 aromatic rings. The lowest BCUT2D eigenvalue weighted by atomic mass is 9.84. The van der Waals surface area contributed by atoms with Gasteiger partial charge in [-0.15, -0.1) is 24.8 Å². The molecule has 1 N–H and O–H groups in total. The van der Waals surface area contributed by atoms with Gasteiger partial charge in [0.2, 0.25) is 0 Å². The van der Waals surface area contributed by atoms with E-state index >= 15 is 0 Å². The van der Waals surface area contributed by atoms with Crippen LogP contribution in [-0.4, -0.2) is 30.6 Å². The van der Waals surface area contributed by atoms with E-state index in [2.05, 4.69) is 10.2 Å². The molecule has 0 radical (unpaired) electrons. The molecule has 114 valence electrons. The lowest BCUT2D eigenvalue weighted by Gasteiger charge is -2.45. The fourth-order valence-corrected chi connectivity index (χ4v) is 3.42. The zero-order valence-corrected chi connectivity index (χ0v) is 14.3. The van der Waals surface area contributed by atoms with Gasteiger partial charge in [0.1, 0.15) is 0 Å². The van der Waals surface area contributed by atoms with Gasteiger partial charge in [0.05, 0.1) is 10.0 Å². The molecule has 1 aromatic carbocycles. The van der Waals surface area contributed by atoms with Crippen LogP contribution in [0.5, 0.6) is 0 Å². The van der Waals surface area contributed by atoms with E-state index in [1.165, 1.54) is 38.0 Å². The van der Waals surface area contributed by atoms with Crippen LogP contribution in [0.4, 0.5) is 0 Å². The van der Waals surface area contributed by atoms with Crippen LogP contribution in [0.3, 0.4) is 0 Å². The second kappa shape index (κ2) is 8.07. The minimum absolute atomic E-state index is 0. The number of nitrogens with zero attached hydrogens (tertiary/aromatic N) is 1. The van der Waals surface area contributed by atoms with Crippen LogP contribution in [0.25, 0.3) is 0 Å². The van der Waals surface area contributed by atoms with Crippen LogP contribution in [0, 0.1) is 5.92 Å². The van der Waals surface area contributed by atoms with Gasteiger partial charge in [-0.25, -0.2) is 0 Å². The van der Waals surface area contributed by atoms with Crippen molar-refractivity contribution < 1.29 is 0 Å². The molecule has 3 heterocycles. The summed E-state index contributed by atoms with van der Waals surface area (Å²) in [6, 6.07) is 6.51. The first-order chi connectivity index (χ1) is 8.72. The first-order valence-corrected chi connectivity index (χ1v) is 7.37. The number of hydrogen-bond donors (Lipinski definition) is 1. The minimum atomic E-state index is 0. The van der Waals surface area contributed by atoms with E-state index in [0.717, 1.165) is 12.5 Å². The fourth-order valence-electron chi connectivity index (χ4n) is 3.09. The van der Waals surface area contributed by atoms with Crippen LogP contribution in [0.1, 0.15) is 18.4 Å². The normalized spacial score (nSPS) is 27.6. The van der Waals surface area contributed by atoms with Gasteiger partial charge in [-0.3, -0.25) is 0 Å². The number of benzene rings is 1. The number of hydrogen-bond acceptors (Lipinski definition) is 2. The average molecular weight is 358 g/mol. The molecule has 2 bridgehead atoms. The standard InChI is InChI=1S/C14H18Cl2N2.2ClH/c15-12-2-1-10(7-13(12)16)8-17-14-9-18-5-3-11(14)4-6-18;;/h1-2,7,11,14,17H,3-6,8-9H2;2*1H. The molecule has 6 heteroatoms. The third kappa shape index (κ3) is 4.16. The zero-order chi connectivity index (χ0) is 12.5. The zero-order valence-electron chi connectivity index (χ0n) is 11.1. The van der Waals surface area contributed by atoms with Crippen molar-refractivity contribution in [2.24, 2.45) is 5.92 Å². The van der Waals surface area contributed by atoms with E-state index in [0.29, 0.717) is 16.1 Å². The summed E-state index contributed by atoms with van der Waals surface area (Å²) in [5.41, 5.74) is 1.21. The average Bonchev–Trinajstić information content (AvgIpc) is 2.41. The van der Waals surface area contributed by atoms with Crippen molar-refractivity contribution in [2.75, 3.05) is 19.6 Å². The van der Waals surface area contributed by atoms with Gasteiger partial charge in [-0.05, 0) is 49.5 Å². The SMILES string of the molecule is Cl.Cl.Clc1ccc(CNC2CN3CCC2CC3)cc1Cl. The summed E-state index contributed by atoms with van der Waals surface area (Å²) in [5, 5.41) is 4.94. The number of fused-ring (bicyclic) bond motifs is 3. The summed E-state index contributed by atoms with van der Waals surface area (Å²) < 4.78 is 0. The fraction of sp³-hybridized carbons (Fsp3) is 0.571. The molecular weight excluding hydrogens is 338 g/mol. The van der Waals surface area contributed by atoms with Gasteiger partial charge in [-0.2, -0.15) is 0 Å². The molecule has 0 aliphatic carbocycles. The summed E-state index contributed by atoms with van der Waals surface area (Å²) >= 11 is 12.0. The lowest BCUT2D eigenvalue weighted by Crippen LogP contribution is -2.55. The summed E-state index contributed by atoms with van der Waals surface area (Å²) in [6.45, 7) is 4.66.